The quantitative estimate of drug-likeness (QED) is 0.666. The molecule has 1 saturated heterocycles. The van der Waals surface area contributed by atoms with E-state index in [1.54, 1.807) is 0 Å². The Labute approximate surface area is 73.0 Å². The summed E-state index contributed by atoms with van der Waals surface area (Å²) < 4.78 is 0. The summed E-state index contributed by atoms with van der Waals surface area (Å²) in [5.74, 6) is 0. The molecule has 0 unspecified atom stereocenters. The molecule has 0 amide bonds. The zero-order valence-electron chi connectivity index (χ0n) is 7.03. The van der Waals surface area contributed by atoms with Gasteiger partial charge in [0, 0.05) is 0 Å². The van der Waals surface area contributed by atoms with Crippen molar-refractivity contribution in [3.63, 3.8) is 0 Å². The first kappa shape index (κ1) is 7.77. The van der Waals surface area contributed by atoms with Crippen molar-refractivity contribution in [1.29, 1.82) is 0 Å². The van der Waals surface area contributed by atoms with Gasteiger partial charge in [0.1, 0.15) is 0 Å². The molecule has 2 heteroatoms. The number of benzene rings is 1. The lowest BCUT2D eigenvalue weighted by atomic mass is 10.1. The standard InChI is InChI=1S/C10H13N2/c1-2-4-9(5-3-1)10-8-11-6-7-12-10/h1-5,10-11H,6-8H2/q-1/t10-/m1/s1. The van der Waals surface area contributed by atoms with Gasteiger partial charge in [-0.15, -0.1) is 6.54 Å². The molecule has 64 valence electrons. The Hall–Kier alpha value is -0.860. The largest absolute Gasteiger partial charge is 0.654 e. The van der Waals surface area contributed by atoms with Gasteiger partial charge in [-0.1, -0.05) is 41.9 Å². The summed E-state index contributed by atoms with van der Waals surface area (Å²) in [7, 11) is 0. The molecule has 2 nitrogen and oxygen atoms in total. The zero-order chi connectivity index (χ0) is 8.23. The Bertz CT molecular complexity index is 227. The van der Waals surface area contributed by atoms with Crippen molar-refractivity contribution in [3.05, 3.63) is 41.2 Å². The molecule has 1 aliphatic heterocycles. The molecule has 1 N–H and O–H groups in total. The summed E-state index contributed by atoms with van der Waals surface area (Å²) in [6.07, 6.45) is 0. The summed E-state index contributed by atoms with van der Waals surface area (Å²) >= 11 is 0. The third-order valence-corrected chi connectivity index (χ3v) is 2.16. The van der Waals surface area contributed by atoms with Crippen molar-refractivity contribution in [2.24, 2.45) is 0 Å². The van der Waals surface area contributed by atoms with Crippen molar-refractivity contribution in [2.45, 2.75) is 6.04 Å². The normalized spacial score (nSPS) is 23.8. The van der Waals surface area contributed by atoms with Gasteiger partial charge in [0.25, 0.3) is 0 Å². The SMILES string of the molecule is c1ccc([C@H]2CNCC[N-]2)cc1. The van der Waals surface area contributed by atoms with E-state index in [0.29, 0.717) is 6.04 Å². The minimum absolute atomic E-state index is 0.375. The molecule has 1 aromatic carbocycles. The molecule has 1 aromatic rings. The van der Waals surface area contributed by atoms with Crippen LogP contribution in [0.25, 0.3) is 5.32 Å². The molecule has 0 spiro atoms. The lowest BCUT2D eigenvalue weighted by Crippen LogP contribution is -2.30. The smallest absolute Gasteiger partial charge is 0.0171 e. The molecule has 0 aliphatic carbocycles. The number of hydrogen-bond donors (Lipinski definition) is 1. The molecule has 0 radical (unpaired) electrons. The number of hydrogen-bond acceptors (Lipinski definition) is 1. The van der Waals surface area contributed by atoms with Gasteiger partial charge >= 0.3 is 0 Å². The summed E-state index contributed by atoms with van der Waals surface area (Å²) in [6, 6.07) is 10.8. The van der Waals surface area contributed by atoms with Crippen LogP contribution in [0.15, 0.2) is 30.3 Å². The van der Waals surface area contributed by atoms with E-state index in [1.807, 2.05) is 6.07 Å². The molecule has 12 heavy (non-hydrogen) atoms. The van der Waals surface area contributed by atoms with Gasteiger partial charge in [0.05, 0.1) is 0 Å². The number of nitrogens with one attached hydrogen (secondary N) is 1. The molecule has 1 aliphatic rings. The Kier molecular flexibility index (Phi) is 2.39. The van der Waals surface area contributed by atoms with Crippen LogP contribution in [-0.4, -0.2) is 19.6 Å². The molecule has 0 aromatic heterocycles. The highest BCUT2D eigenvalue weighted by Crippen LogP contribution is 2.22. The first-order valence-electron chi connectivity index (χ1n) is 4.39. The highest BCUT2D eigenvalue weighted by molar-refractivity contribution is 5.24. The Morgan fingerprint density at radius 2 is 2.08 bits per heavy atom. The Morgan fingerprint density at radius 3 is 2.75 bits per heavy atom. The topological polar surface area (TPSA) is 26.1 Å². The fourth-order valence-electron chi connectivity index (χ4n) is 1.50. The highest BCUT2D eigenvalue weighted by atomic mass is 15.0. The molecule has 0 saturated carbocycles. The average Bonchev–Trinajstić information content (AvgIpc) is 2.21. The van der Waals surface area contributed by atoms with Crippen LogP contribution < -0.4 is 5.32 Å². The summed E-state index contributed by atoms with van der Waals surface area (Å²) in [5.41, 5.74) is 1.32. The maximum atomic E-state index is 4.54. The minimum Gasteiger partial charge on any atom is -0.654 e. The number of rotatable bonds is 1. The summed E-state index contributed by atoms with van der Waals surface area (Å²) in [5, 5.41) is 7.88. The number of nitrogens with zero attached hydrogens (tertiary/aromatic N) is 1. The van der Waals surface area contributed by atoms with E-state index in [0.717, 1.165) is 19.6 Å². The maximum Gasteiger partial charge on any atom is -0.0171 e. The van der Waals surface area contributed by atoms with E-state index in [1.165, 1.54) is 5.56 Å². The fraction of sp³-hybridized carbons (Fsp3) is 0.400. The first-order valence-corrected chi connectivity index (χ1v) is 4.39. The lowest BCUT2D eigenvalue weighted by molar-refractivity contribution is 0.583. The van der Waals surface area contributed by atoms with E-state index < -0.39 is 0 Å². The molecule has 1 atom stereocenters. The van der Waals surface area contributed by atoms with Crippen molar-refractivity contribution in [2.75, 3.05) is 19.6 Å². The predicted octanol–water partition coefficient (Wildman–Crippen LogP) is 1.70. The van der Waals surface area contributed by atoms with E-state index in [2.05, 4.69) is 34.9 Å². The zero-order valence-corrected chi connectivity index (χ0v) is 7.03. The van der Waals surface area contributed by atoms with Crippen molar-refractivity contribution < 1.29 is 0 Å². The third kappa shape index (κ3) is 1.65. The molecule has 1 fully saturated rings. The van der Waals surface area contributed by atoms with Gasteiger partial charge < -0.3 is 10.6 Å². The van der Waals surface area contributed by atoms with Gasteiger partial charge in [-0.25, -0.2) is 0 Å². The maximum absolute atomic E-state index is 4.54. The van der Waals surface area contributed by atoms with Gasteiger partial charge in [0.2, 0.25) is 0 Å². The van der Waals surface area contributed by atoms with Gasteiger partial charge in [0.15, 0.2) is 0 Å². The van der Waals surface area contributed by atoms with Crippen molar-refractivity contribution in [1.82, 2.24) is 5.32 Å². The van der Waals surface area contributed by atoms with E-state index in [9.17, 15) is 0 Å². The van der Waals surface area contributed by atoms with Crippen LogP contribution in [0, 0.1) is 0 Å². The van der Waals surface area contributed by atoms with Gasteiger partial charge in [-0.05, 0) is 13.1 Å². The van der Waals surface area contributed by atoms with Gasteiger partial charge in [-0.2, -0.15) is 0 Å². The van der Waals surface area contributed by atoms with Crippen LogP contribution in [0.2, 0.25) is 0 Å². The van der Waals surface area contributed by atoms with Gasteiger partial charge in [-0.3, -0.25) is 0 Å². The molecule has 1 heterocycles. The molecular formula is C10H13N2-. The van der Waals surface area contributed by atoms with Crippen molar-refractivity contribution in [3.8, 4) is 0 Å². The second-order valence-corrected chi connectivity index (χ2v) is 3.04. The van der Waals surface area contributed by atoms with E-state index >= 15 is 0 Å². The predicted molar refractivity (Wildman–Crippen MR) is 50.3 cm³/mol. The molecule has 0 bridgehead atoms. The van der Waals surface area contributed by atoms with Crippen LogP contribution in [-0.2, 0) is 0 Å². The summed E-state index contributed by atoms with van der Waals surface area (Å²) in [4.78, 5) is 0. The van der Waals surface area contributed by atoms with Crippen LogP contribution in [0.5, 0.6) is 0 Å². The monoisotopic (exact) mass is 161 g/mol. The van der Waals surface area contributed by atoms with Crippen molar-refractivity contribution >= 4 is 0 Å². The highest BCUT2D eigenvalue weighted by Gasteiger charge is 2.02. The van der Waals surface area contributed by atoms with E-state index in [-0.39, 0.29) is 0 Å². The fourth-order valence-corrected chi connectivity index (χ4v) is 1.50. The van der Waals surface area contributed by atoms with E-state index in [4.69, 9.17) is 0 Å². The van der Waals surface area contributed by atoms with Crippen LogP contribution >= 0.6 is 0 Å². The number of piperazine rings is 1. The Balaban J connectivity index is 2.08. The van der Waals surface area contributed by atoms with Crippen LogP contribution in [0.4, 0.5) is 0 Å². The molecule has 2 rings (SSSR count). The lowest BCUT2D eigenvalue weighted by Gasteiger charge is -2.37. The van der Waals surface area contributed by atoms with Crippen LogP contribution in [0.3, 0.4) is 0 Å². The second kappa shape index (κ2) is 3.70. The Morgan fingerprint density at radius 1 is 1.25 bits per heavy atom. The minimum atomic E-state index is 0.375. The van der Waals surface area contributed by atoms with Crippen LogP contribution in [0.1, 0.15) is 11.6 Å². The first-order chi connectivity index (χ1) is 5.97. The average molecular weight is 161 g/mol. The molecular weight excluding hydrogens is 148 g/mol. The third-order valence-electron chi connectivity index (χ3n) is 2.16. The second-order valence-electron chi connectivity index (χ2n) is 3.04. The summed E-state index contributed by atoms with van der Waals surface area (Å²) in [6.45, 7) is 2.97.